The summed E-state index contributed by atoms with van der Waals surface area (Å²) < 4.78 is 11.0. The number of hydrazone groups is 1. The molecule has 0 radical (unpaired) electrons. The maximum absolute atomic E-state index is 12.8. The van der Waals surface area contributed by atoms with Crippen molar-refractivity contribution in [3.05, 3.63) is 78.1 Å². The number of amides is 1. The van der Waals surface area contributed by atoms with Crippen LogP contribution in [0.2, 0.25) is 0 Å². The molecule has 1 aliphatic rings. The fourth-order valence-corrected chi connectivity index (χ4v) is 3.06. The lowest BCUT2D eigenvalue weighted by Crippen LogP contribution is -2.32. The van der Waals surface area contributed by atoms with E-state index in [2.05, 4.69) is 10.4 Å². The van der Waals surface area contributed by atoms with Crippen molar-refractivity contribution < 1.29 is 13.6 Å². The van der Waals surface area contributed by atoms with E-state index >= 15 is 0 Å². The minimum atomic E-state index is -0.267. The van der Waals surface area contributed by atoms with Crippen LogP contribution in [0.3, 0.4) is 0 Å². The van der Waals surface area contributed by atoms with E-state index in [1.54, 1.807) is 12.5 Å². The minimum Gasteiger partial charge on any atom is -0.467 e. The molecule has 2 aromatic heterocycles. The normalized spacial score (nSPS) is 16.6. The fraction of sp³-hybridized carbons (Fsp3) is 0.200. The number of nitrogens with zero attached hydrogens (tertiary/aromatic N) is 2. The molecule has 3 aromatic rings. The second kappa shape index (κ2) is 6.92. The summed E-state index contributed by atoms with van der Waals surface area (Å²) >= 11 is 0. The van der Waals surface area contributed by atoms with Gasteiger partial charge in [0.05, 0.1) is 19.1 Å². The molecule has 1 amide bonds. The average molecular weight is 349 g/mol. The molecule has 0 spiro atoms. The topological polar surface area (TPSA) is 71.0 Å². The second-order valence-electron chi connectivity index (χ2n) is 6.17. The molecular weight excluding hydrogens is 330 g/mol. The molecule has 1 aromatic carbocycles. The Bertz CT molecular complexity index is 914. The van der Waals surface area contributed by atoms with Gasteiger partial charge in [-0.3, -0.25) is 4.79 Å². The van der Waals surface area contributed by atoms with Crippen molar-refractivity contribution in [1.82, 2.24) is 5.01 Å². The molecule has 3 heterocycles. The van der Waals surface area contributed by atoms with Crippen molar-refractivity contribution in [2.45, 2.75) is 19.4 Å². The number of nitrogens with one attached hydrogen (secondary N) is 1. The molecule has 1 N–H and O–H groups in total. The monoisotopic (exact) mass is 349 g/mol. The number of anilines is 1. The molecule has 0 saturated carbocycles. The number of aryl methyl sites for hydroxylation is 1. The van der Waals surface area contributed by atoms with Gasteiger partial charge >= 0.3 is 0 Å². The molecule has 6 nitrogen and oxygen atoms in total. The molecule has 1 aliphatic heterocycles. The molecule has 132 valence electrons. The highest BCUT2D eigenvalue weighted by Gasteiger charge is 2.35. The zero-order valence-electron chi connectivity index (χ0n) is 14.4. The number of carbonyl (C=O) groups excluding carboxylic acids is 1. The second-order valence-corrected chi connectivity index (χ2v) is 6.17. The standard InChI is InChI=1S/C20H19N3O3/c1-14-6-2-3-7-15(14)21-13-20(24)23-17(19-9-5-11-26-19)12-16(22-23)18-8-4-10-25-18/h2-11,17,21H,12-13H2,1H3. The summed E-state index contributed by atoms with van der Waals surface area (Å²) in [6, 6.07) is 14.9. The number of hydrogen-bond acceptors (Lipinski definition) is 5. The SMILES string of the molecule is Cc1ccccc1NCC(=O)N1N=C(c2ccco2)CC1c1ccco1. The first-order valence-corrected chi connectivity index (χ1v) is 8.48. The van der Waals surface area contributed by atoms with Crippen LogP contribution in [0.1, 0.15) is 29.5 Å². The zero-order chi connectivity index (χ0) is 17.9. The van der Waals surface area contributed by atoms with Gasteiger partial charge in [0.25, 0.3) is 5.91 Å². The van der Waals surface area contributed by atoms with Gasteiger partial charge in [-0.2, -0.15) is 5.10 Å². The molecule has 0 fully saturated rings. The van der Waals surface area contributed by atoms with Crippen LogP contribution in [-0.2, 0) is 4.79 Å². The zero-order valence-corrected chi connectivity index (χ0v) is 14.4. The lowest BCUT2D eigenvalue weighted by molar-refractivity contribution is -0.131. The predicted octanol–water partition coefficient (Wildman–Crippen LogP) is 3.97. The fourth-order valence-electron chi connectivity index (χ4n) is 3.06. The van der Waals surface area contributed by atoms with Crippen LogP contribution >= 0.6 is 0 Å². The third kappa shape index (κ3) is 3.13. The summed E-state index contributed by atoms with van der Waals surface area (Å²) in [5, 5.41) is 9.19. The minimum absolute atomic E-state index is 0.129. The summed E-state index contributed by atoms with van der Waals surface area (Å²) in [5.74, 6) is 1.25. The molecule has 0 saturated heterocycles. The highest BCUT2D eigenvalue weighted by atomic mass is 16.3. The van der Waals surface area contributed by atoms with Gasteiger partial charge < -0.3 is 14.2 Å². The quantitative estimate of drug-likeness (QED) is 0.756. The smallest absolute Gasteiger partial charge is 0.262 e. The number of carbonyl (C=O) groups is 1. The van der Waals surface area contributed by atoms with Crippen LogP contribution in [-0.4, -0.2) is 23.2 Å². The van der Waals surface area contributed by atoms with Crippen LogP contribution in [0.4, 0.5) is 5.69 Å². The molecule has 1 unspecified atom stereocenters. The maximum atomic E-state index is 12.8. The van der Waals surface area contributed by atoms with Crippen molar-refractivity contribution in [2.75, 3.05) is 11.9 Å². The summed E-state index contributed by atoms with van der Waals surface area (Å²) in [7, 11) is 0. The molecule has 1 atom stereocenters. The van der Waals surface area contributed by atoms with Gasteiger partial charge in [-0.25, -0.2) is 5.01 Å². The van der Waals surface area contributed by atoms with Gasteiger partial charge in [0.1, 0.15) is 23.3 Å². The number of hydrogen-bond donors (Lipinski definition) is 1. The first-order valence-electron chi connectivity index (χ1n) is 8.48. The Balaban J connectivity index is 1.54. The largest absolute Gasteiger partial charge is 0.467 e. The van der Waals surface area contributed by atoms with Crippen LogP contribution < -0.4 is 5.32 Å². The number of rotatable bonds is 5. The van der Waals surface area contributed by atoms with Crippen LogP contribution in [0.25, 0.3) is 0 Å². The van der Waals surface area contributed by atoms with Crippen molar-refractivity contribution in [1.29, 1.82) is 0 Å². The van der Waals surface area contributed by atoms with Crippen molar-refractivity contribution in [3.8, 4) is 0 Å². The predicted molar refractivity (Wildman–Crippen MR) is 97.8 cm³/mol. The summed E-state index contributed by atoms with van der Waals surface area (Å²) in [6.45, 7) is 2.15. The summed E-state index contributed by atoms with van der Waals surface area (Å²) in [5.41, 5.74) is 2.76. The number of furan rings is 2. The van der Waals surface area contributed by atoms with Crippen molar-refractivity contribution in [3.63, 3.8) is 0 Å². The van der Waals surface area contributed by atoms with Crippen molar-refractivity contribution >= 4 is 17.3 Å². The highest BCUT2D eigenvalue weighted by Crippen LogP contribution is 2.33. The van der Waals surface area contributed by atoms with Crippen molar-refractivity contribution in [2.24, 2.45) is 5.10 Å². The maximum Gasteiger partial charge on any atom is 0.262 e. The van der Waals surface area contributed by atoms with E-state index in [4.69, 9.17) is 8.83 Å². The Hall–Kier alpha value is -3.28. The van der Waals surface area contributed by atoms with Gasteiger partial charge in [0.2, 0.25) is 0 Å². The van der Waals surface area contributed by atoms with Gasteiger partial charge in [-0.05, 0) is 42.8 Å². The summed E-state index contributed by atoms with van der Waals surface area (Å²) in [4.78, 5) is 12.8. The van der Waals surface area contributed by atoms with Crippen LogP contribution in [0.15, 0.2) is 75.0 Å². The molecule has 0 aliphatic carbocycles. The Morgan fingerprint density at radius 3 is 2.69 bits per heavy atom. The van der Waals surface area contributed by atoms with Gasteiger partial charge in [-0.1, -0.05) is 18.2 Å². The number of benzene rings is 1. The van der Waals surface area contributed by atoms with Gasteiger partial charge in [-0.15, -0.1) is 0 Å². The Kier molecular flexibility index (Phi) is 4.31. The first-order chi connectivity index (χ1) is 12.7. The molecule has 4 rings (SSSR count). The Morgan fingerprint density at radius 1 is 1.15 bits per heavy atom. The van der Waals surface area contributed by atoms with E-state index in [1.807, 2.05) is 55.5 Å². The molecule has 26 heavy (non-hydrogen) atoms. The van der Waals surface area contributed by atoms with Gasteiger partial charge in [0.15, 0.2) is 0 Å². The van der Waals surface area contributed by atoms with Crippen LogP contribution in [0, 0.1) is 6.92 Å². The highest BCUT2D eigenvalue weighted by molar-refractivity contribution is 6.01. The van der Waals surface area contributed by atoms with E-state index < -0.39 is 0 Å². The third-order valence-electron chi connectivity index (χ3n) is 4.42. The van der Waals surface area contributed by atoms with E-state index in [1.165, 1.54) is 5.01 Å². The Labute approximate surface area is 151 Å². The lowest BCUT2D eigenvalue weighted by Gasteiger charge is -2.20. The van der Waals surface area contributed by atoms with Crippen LogP contribution in [0.5, 0.6) is 0 Å². The van der Waals surface area contributed by atoms with E-state index in [0.717, 1.165) is 17.0 Å². The number of para-hydroxylation sites is 1. The van der Waals surface area contributed by atoms with E-state index in [0.29, 0.717) is 17.9 Å². The molecule has 0 bridgehead atoms. The third-order valence-corrected chi connectivity index (χ3v) is 4.42. The lowest BCUT2D eigenvalue weighted by atomic mass is 10.1. The van der Waals surface area contributed by atoms with Gasteiger partial charge in [0, 0.05) is 12.1 Å². The average Bonchev–Trinajstić information content (AvgIpc) is 3.41. The molecular formula is C20H19N3O3. The molecule has 6 heteroatoms. The summed E-state index contributed by atoms with van der Waals surface area (Å²) in [6.07, 6.45) is 3.76. The van der Waals surface area contributed by atoms with E-state index in [-0.39, 0.29) is 18.5 Å². The van der Waals surface area contributed by atoms with E-state index in [9.17, 15) is 4.79 Å². The first kappa shape index (κ1) is 16.2. The Morgan fingerprint density at radius 2 is 1.96 bits per heavy atom.